The van der Waals surface area contributed by atoms with Gasteiger partial charge < -0.3 is 0 Å². The number of rotatable bonds is 3. The molecule has 0 N–H and O–H groups in total. The highest BCUT2D eigenvalue weighted by Crippen LogP contribution is 2.58. The van der Waals surface area contributed by atoms with Crippen molar-refractivity contribution in [3.63, 3.8) is 0 Å². The highest BCUT2D eigenvalue weighted by atomic mass is 32.2. The largest absolute Gasteiger partial charge is 0.246 e. The van der Waals surface area contributed by atoms with E-state index >= 15 is 0 Å². The average Bonchev–Trinajstić information content (AvgIpc) is 2.47. The molecule has 0 amide bonds. The van der Waals surface area contributed by atoms with Crippen LogP contribution in [0.4, 0.5) is 8.78 Å². The highest BCUT2D eigenvalue weighted by Gasteiger charge is 2.55. The van der Waals surface area contributed by atoms with E-state index in [1.807, 2.05) is 0 Å². The summed E-state index contributed by atoms with van der Waals surface area (Å²) in [5, 5.41) is 0. The molecule has 0 saturated heterocycles. The molecule has 1 aromatic rings. The zero-order valence-electron chi connectivity index (χ0n) is 13.1. The molecule has 4 aliphatic carbocycles. The molecule has 23 heavy (non-hydrogen) atoms. The molecule has 3 nitrogen and oxygen atoms in total. The predicted octanol–water partition coefficient (Wildman–Crippen LogP) is 3.55. The maximum atomic E-state index is 14.0. The van der Waals surface area contributed by atoms with Crippen LogP contribution in [0.25, 0.3) is 0 Å². The minimum absolute atomic E-state index is 0.410. The Morgan fingerprint density at radius 1 is 1.04 bits per heavy atom. The molecule has 6 heteroatoms. The summed E-state index contributed by atoms with van der Waals surface area (Å²) in [7, 11) is -2.49. The van der Waals surface area contributed by atoms with Gasteiger partial charge in [-0.25, -0.2) is 17.2 Å². The van der Waals surface area contributed by atoms with Crippen LogP contribution in [-0.2, 0) is 10.0 Å². The van der Waals surface area contributed by atoms with Crippen molar-refractivity contribution in [1.29, 1.82) is 0 Å². The summed E-state index contributed by atoms with van der Waals surface area (Å²) in [6, 6.07) is 2.62. The first-order valence-electron chi connectivity index (χ1n) is 8.24. The van der Waals surface area contributed by atoms with Gasteiger partial charge in [-0.2, -0.15) is 4.31 Å². The summed E-state index contributed by atoms with van der Waals surface area (Å²) >= 11 is 0. The monoisotopic (exact) mass is 341 g/mol. The van der Waals surface area contributed by atoms with Crippen molar-refractivity contribution >= 4 is 10.0 Å². The van der Waals surface area contributed by atoms with Crippen LogP contribution in [0, 0.1) is 29.4 Å². The van der Waals surface area contributed by atoms with Crippen LogP contribution < -0.4 is 0 Å². The van der Waals surface area contributed by atoms with Gasteiger partial charge in [-0.05, 0) is 74.5 Å². The molecule has 126 valence electrons. The minimum Gasteiger partial charge on any atom is -0.207 e. The Labute approximate surface area is 135 Å². The van der Waals surface area contributed by atoms with Gasteiger partial charge in [-0.1, -0.05) is 0 Å². The third-order valence-electron chi connectivity index (χ3n) is 6.21. The van der Waals surface area contributed by atoms with E-state index in [2.05, 4.69) is 0 Å². The van der Waals surface area contributed by atoms with E-state index in [1.165, 1.54) is 23.6 Å². The lowest BCUT2D eigenvalue weighted by Gasteiger charge is -2.59. The number of nitrogens with zero attached hydrogens (tertiary/aromatic N) is 1. The average molecular weight is 341 g/mol. The Morgan fingerprint density at radius 3 is 2.09 bits per heavy atom. The predicted molar refractivity (Wildman–Crippen MR) is 82.2 cm³/mol. The lowest BCUT2D eigenvalue weighted by molar-refractivity contribution is -0.0496. The lowest BCUT2D eigenvalue weighted by atomic mass is 9.53. The number of halogens is 2. The molecule has 5 rings (SSSR count). The fourth-order valence-electron chi connectivity index (χ4n) is 5.53. The Kier molecular flexibility index (Phi) is 3.37. The maximum Gasteiger partial charge on any atom is 0.246 e. The van der Waals surface area contributed by atoms with Crippen LogP contribution in [0.2, 0.25) is 0 Å². The van der Waals surface area contributed by atoms with Gasteiger partial charge in [-0.3, -0.25) is 0 Å². The molecule has 0 aliphatic heterocycles. The van der Waals surface area contributed by atoms with Crippen molar-refractivity contribution in [1.82, 2.24) is 4.31 Å². The van der Waals surface area contributed by atoms with Gasteiger partial charge in [0.2, 0.25) is 10.0 Å². The summed E-state index contributed by atoms with van der Waals surface area (Å²) in [4.78, 5) is -0.546. The van der Waals surface area contributed by atoms with Crippen LogP contribution in [-0.4, -0.2) is 25.3 Å². The molecular formula is C17H21F2NO2S. The van der Waals surface area contributed by atoms with Crippen LogP contribution in [0.1, 0.15) is 38.5 Å². The van der Waals surface area contributed by atoms with Gasteiger partial charge in [-0.15, -0.1) is 0 Å². The third kappa shape index (κ3) is 2.33. The van der Waals surface area contributed by atoms with Crippen LogP contribution in [0.5, 0.6) is 0 Å². The van der Waals surface area contributed by atoms with Crippen molar-refractivity contribution < 1.29 is 17.2 Å². The molecule has 0 unspecified atom stereocenters. The zero-order valence-corrected chi connectivity index (χ0v) is 14.0. The minimum atomic E-state index is -4.04. The summed E-state index contributed by atoms with van der Waals surface area (Å²) in [6.45, 7) is 0. The number of hydrogen-bond donors (Lipinski definition) is 0. The zero-order chi connectivity index (χ0) is 16.4. The van der Waals surface area contributed by atoms with E-state index in [0.29, 0.717) is 17.8 Å². The van der Waals surface area contributed by atoms with Crippen molar-refractivity contribution in [2.24, 2.45) is 17.8 Å². The van der Waals surface area contributed by atoms with Gasteiger partial charge >= 0.3 is 0 Å². The van der Waals surface area contributed by atoms with Crippen molar-refractivity contribution in [3.05, 3.63) is 29.8 Å². The molecule has 0 radical (unpaired) electrons. The van der Waals surface area contributed by atoms with Crippen molar-refractivity contribution in [2.45, 2.75) is 49.0 Å². The Balaban J connectivity index is 1.73. The smallest absolute Gasteiger partial charge is 0.207 e. The fourth-order valence-corrected chi connectivity index (χ4v) is 7.13. The van der Waals surface area contributed by atoms with Crippen molar-refractivity contribution in [2.75, 3.05) is 7.05 Å². The Morgan fingerprint density at radius 2 is 1.57 bits per heavy atom. The summed E-state index contributed by atoms with van der Waals surface area (Å²) in [5.74, 6) is 0.121. The molecule has 0 spiro atoms. The molecule has 4 bridgehead atoms. The highest BCUT2D eigenvalue weighted by molar-refractivity contribution is 7.89. The van der Waals surface area contributed by atoms with Gasteiger partial charge in [0.15, 0.2) is 0 Å². The van der Waals surface area contributed by atoms with Gasteiger partial charge in [0.25, 0.3) is 0 Å². The topological polar surface area (TPSA) is 37.4 Å². The number of benzene rings is 1. The van der Waals surface area contributed by atoms with Crippen LogP contribution >= 0.6 is 0 Å². The standard InChI is InChI=1S/C17H21F2NO2S/c1-20(23(21,22)16-7-14(18)2-3-15(16)19)17-8-11-4-12(9-17)6-13(5-11)10-17/h2-3,7,11-13H,4-6,8-10H2,1H3. The van der Waals surface area contributed by atoms with E-state index < -0.39 is 32.1 Å². The van der Waals surface area contributed by atoms with E-state index in [-0.39, 0.29) is 0 Å². The SMILES string of the molecule is CN(C12CC3CC(CC(C3)C1)C2)S(=O)(=O)c1cc(F)ccc1F. The normalized spacial score (nSPS) is 35.9. The number of sulfonamides is 1. The maximum absolute atomic E-state index is 14.0. The second kappa shape index (κ2) is 4.99. The van der Waals surface area contributed by atoms with E-state index in [1.54, 1.807) is 7.05 Å². The molecule has 1 aromatic carbocycles. The number of hydrogen-bond acceptors (Lipinski definition) is 2. The quantitative estimate of drug-likeness (QED) is 0.843. The Hall–Kier alpha value is -1.01. The first kappa shape index (κ1) is 15.5. The third-order valence-corrected chi connectivity index (χ3v) is 8.18. The first-order chi connectivity index (χ1) is 10.8. The van der Waals surface area contributed by atoms with Gasteiger partial charge in [0.05, 0.1) is 0 Å². The molecule has 0 atom stereocenters. The first-order valence-corrected chi connectivity index (χ1v) is 9.68. The summed E-state index contributed by atoms with van der Waals surface area (Å²) in [6.07, 6.45) is 6.15. The van der Waals surface area contributed by atoms with E-state index in [4.69, 9.17) is 0 Å². The molecule has 4 saturated carbocycles. The van der Waals surface area contributed by atoms with Crippen LogP contribution in [0.3, 0.4) is 0 Å². The Bertz CT molecular complexity index is 712. The molecule has 0 heterocycles. The van der Waals surface area contributed by atoms with Gasteiger partial charge in [0, 0.05) is 12.6 Å². The molecule has 4 aliphatic rings. The molecule has 4 fully saturated rings. The fraction of sp³-hybridized carbons (Fsp3) is 0.647. The lowest BCUT2D eigenvalue weighted by Crippen LogP contribution is -2.60. The van der Waals surface area contributed by atoms with Crippen molar-refractivity contribution in [3.8, 4) is 0 Å². The van der Waals surface area contributed by atoms with Gasteiger partial charge in [0.1, 0.15) is 16.5 Å². The molecule has 0 aromatic heterocycles. The second-order valence-corrected chi connectivity index (χ2v) is 9.63. The molecular weight excluding hydrogens is 320 g/mol. The van der Waals surface area contributed by atoms with E-state index in [9.17, 15) is 17.2 Å². The summed E-state index contributed by atoms with van der Waals surface area (Å²) in [5.41, 5.74) is -0.410. The summed E-state index contributed by atoms with van der Waals surface area (Å²) < 4.78 is 54.7. The second-order valence-electron chi connectivity index (χ2n) is 7.69. The van der Waals surface area contributed by atoms with Crippen LogP contribution in [0.15, 0.2) is 23.1 Å². The van der Waals surface area contributed by atoms with E-state index in [0.717, 1.165) is 37.5 Å².